The minimum absolute atomic E-state index is 0.158. The van der Waals surface area contributed by atoms with E-state index >= 15 is 0 Å². The van der Waals surface area contributed by atoms with E-state index in [1.165, 1.54) is 0 Å². The van der Waals surface area contributed by atoms with Crippen LogP contribution in [0.5, 0.6) is 0 Å². The van der Waals surface area contributed by atoms with Crippen LogP contribution >= 0.6 is 0 Å². The van der Waals surface area contributed by atoms with E-state index in [2.05, 4.69) is 17.2 Å². The predicted octanol–water partition coefficient (Wildman–Crippen LogP) is 1.36. The van der Waals surface area contributed by atoms with Gasteiger partial charge in [-0.25, -0.2) is 4.79 Å². The number of carboxylic acid groups (broad SMARTS) is 1. The largest absolute Gasteiger partial charge is 0.481 e. The zero-order chi connectivity index (χ0) is 12.6. The summed E-state index contributed by atoms with van der Waals surface area (Å²) in [5.74, 6) is -1.39. The van der Waals surface area contributed by atoms with E-state index in [1.807, 2.05) is 6.92 Å². The molecular weight excluding hydrogens is 208 g/mol. The first-order chi connectivity index (χ1) is 7.47. The molecule has 0 aromatic heterocycles. The van der Waals surface area contributed by atoms with Gasteiger partial charge >= 0.3 is 12.0 Å². The number of hydrogen-bond acceptors (Lipinski definition) is 2. The van der Waals surface area contributed by atoms with Gasteiger partial charge in [-0.05, 0) is 13.3 Å². The lowest BCUT2D eigenvalue weighted by Crippen LogP contribution is -2.40. The minimum atomic E-state index is -0.873. The van der Waals surface area contributed by atoms with Crippen molar-refractivity contribution in [2.45, 2.75) is 26.7 Å². The molecule has 0 aromatic carbocycles. The Morgan fingerprint density at radius 3 is 2.44 bits per heavy atom. The quantitative estimate of drug-likeness (QED) is 0.576. The van der Waals surface area contributed by atoms with Crippen LogP contribution < -0.4 is 10.6 Å². The molecule has 1 unspecified atom stereocenters. The summed E-state index contributed by atoms with van der Waals surface area (Å²) in [6.45, 7) is 7.92. The molecule has 0 aliphatic heterocycles. The molecule has 0 aliphatic carbocycles. The molecule has 0 radical (unpaired) electrons. The molecule has 92 valence electrons. The standard InChI is InChI=1S/C11H20N2O3/c1-4-5-9(10(14)15)7-13-11(16)12-6-8(2)3/h9H,2,4-7H2,1,3H3,(H,14,15)(H2,12,13,16). The lowest BCUT2D eigenvalue weighted by Gasteiger charge is -2.12. The summed E-state index contributed by atoms with van der Waals surface area (Å²) >= 11 is 0. The number of aliphatic carboxylic acids is 1. The highest BCUT2D eigenvalue weighted by atomic mass is 16.4. The maximum Gasteiger partial charge on any atom is 0.315 e. The van der Waals surface area contributed by atoms with E-state index in [4.69, 9.17) is 5.11 Å². The van der Waals surface area contributed by atoms with Crippen LogP contribution in [0.25, 0.3) is 0 Å². The van der Waals surface area contributed by atoms with Gasteiger partial charge < -0.3 is 15.7 Å². The summed E-state index contributed by atoms with van der Waals surface area (Å²) in [7, 11) is 0. The van der Waals surface area contributed by atoms with Crippen molar-refractivity contribution < 1.29 is 14.7 Å². The van der Waals surface area contributed by atoms with Gasteiger partial charge in [-0.3, -0.25) is 4.79 Å². The lowest BCUT2D eigenvalue weighted by molar-refractivity contribution is -0.141. The average Bonchev–Trinajstić information content (AvgIpc) is 2.20. The fourth-order valence-electron chi connectivity index (χ4n) is 1.17. The number of nitrogens with one attached hydrogen (secondary N) is 2. The number of carboxylic acids is 1. The highest BCUT2D eigenvalue weighted by Gasteiger charge is 2.16. The van der Waals surface area contributed by atoms with Gasteiger partial charge in [-0.2, -0.15) is 0 Å². The van der Waals surface area contributed by atoms with E-state index in [1.54, 1.807) is 6.92 Å². The Kier molecular flexibility index (Phi) is 7.00. The van der Waals surface area contributed by atoms with Crippen LogP contribution in [0.2, 0.25) is 0 Å². The van der Waals surface area contributed by atoms with Crippen molar-refractivity contribution in [2.75, 3.05) is 13.1 Å². The molecule has 0 aliphatic rings. The Labute approximate surface area is 95.9 Å². The summed E-state index contributed by atoms with van der Waals surface area (Å²) in [6, 6.07) is -0.356. The summed E-state index contributed by atoms with van der Waals surface area (Å²) in [5, 5.41) is 14.0. The maximum absolute atomic E-state index is 11.2. The third kappa shape index (κ3) is 6.86. The molecule has 0 rings (SSSR count). The van der Waals surface area contributed by atoms with E-state index in [0.717, 1.165) is 12.0 Å². The number of carbonyl (C=O) groups excluding carboxylic acids is 1. The fraction of sp³-hybridized carbons (Fsp3) is 0.636. The Morgan fingerprint density at radius 2 is 2.00 bits per heavy atom. The Bertz CT molecular complexity index is 264. The van der Waals surface area contributed by atoms with Crippen LogP contribution in [0.4, 0.5) is 4.79 Å². The normalized spacial score (nSPS) is 11.6. The maximum atomic E-state index is 11.2. The number of amides is 2. The monoisotopic (exact) mass is 228 g/mol. The Balaban J connectivity index is 3.87. The van der Waals surface area contributed by atoms with Gasteiger partial charge in [0.15, 0.2) is 0 Å². The first-order valence-electron chi connectivity index (χ1n) is 5.36. The first-order valence-corrected chi connectivity index (χ1v) is 5.36. The van der Waals surface area contributed by atoms with Crippen LogP contribution in [-0.2, 0) is 4.79 Å². The molecule has 2 amide bonds. The highest BCUT2D eigenvalue weighted by Crippen LogP contribution is 2.04. The van der Waals surface area contributed by atoms with Gasteiger partial charge in [0.25, 0.3) is 0 Å². The van der Waals surface area contributed by atoms with Crippen LogP contribution in [-0.4, -0.2) is 30.2 Å². The molecule has 1 atom stereocenters. The first kappa shape index (κ1) is 14.5. The van der Waals surface area contributed by atoms with E-state index < -0.39 is 11.9 Å². The number of rotatable bonds is 7. The molecule has 3 N–H and O–H groups in total. The lowest BCUT2D eigenvalue weighted by atomic mass is 10.0. The second kappa shape index (κ2) is 7.73. The molecule has 0 aromatic rings. The zero-order valence-electron chi connectivity index (χ0n) is 9.88. The van der Waals surface area contributed by atoms with Crippen LogP contribution in [0, 0.1) is 5.92 Å². The van der Waals surface area contributed by atoms with Gasteiger partial charge in [0, 0.05) is 13.1 Å². The summed E-state index contributed by atoms with van der Waals surface area (Å²) < 4.78 is 0. The topological polar surface area (TPSA) is 78.4 Å². The van der Waals surface area contributed by atoms with Crippen molar-refractivity contribution in [2.24, 2.45) is 5.92 Å². The predicted molar refractivity (Wildman–Crippen MR) is 62.2 cm³/mol. The van der Waals surface area contributed by atoms with Gasteiger partial charge in [0.2, 0.25) is 0 Å². The number of urea groups is 1. The second-order valence-corrected chi connectivity index (χ2v) is 3.84. The van der Waals surface area contributed by atoms with Crippen molar-refractivity contribution >= 4 is 12.0 Å². The second-order valence-electron chi connectivity index (χ2n) is 3.84. The third-order valence-electron chi connectivity index (χ3n) is 2.05. The Hall–Kier alpha value is -1.52. The number of carbonyl (C=O) groups is 2. The van der Waals surface area contributed by atoms with Gasteiger partial charge in [0.05, 0.1) is 5.92 Å². The van der Waals surface area contributed by atoms with Gasteiger partial charge in [-0.1, -0.05) is 25.5 Å². The highest BCUT2D eigenvalue weighted by molar-refractivity contribution is 5.76. The Morgan fingerprint density at radius 1 is 1.38 bits per heavy atom. The molecule has 5 nitrogen and oxygen atoms in total. The van der Waals surface area contributed by atoms with Crippen molar-refractivity contribution in [3.05, 3.63) is 12.2 Å². The number of hydrogen-bond donors (Lipinski definition) is 3. The molecule has 0 saturated heterocycles. The molecule has 0 fully saturated rings. The van der Waals surface area contributed by atoms with E-state index in [-0.39, 0.29) is 12.6 Å². The van der Waals surface area contributed by atoms with Crippen LogP contribution in [0.1, 0.15) is 26.7 Å². The minimum Gasteiger partial charge on any atom is -0.481 e. The summed E-state index contributed by atoms with van der Waals surface area (Å²) in [6.07, 6.45) is 1.35. The van der Waals surface area contributed by atoms with Crippen molar-refractivity contribution in [3.8, 4) is 0 Å². The fourth-order valence-corrected chi connectivity index (χ4v) is 1.17. The van der Waals surface area contributed by atoms with Crippen molar-refractivity contribution in [3.63, 3.8) is 0 Å². The molecule has 5 heteroatoms. The van der Waals surface area contributed by atoms with Gasteiger partial charge in [0.1, 0.15) is 0 Å². The van der Waals surface area contributed by atoms with E-state index in [9.17, 15) is 9.59 Å². The zero-order valence-corrected chi connectivity index (χ0v) is 9.88. The molecule has 16 heavy (non-hydrogen) atoms. The smallest absolute Gasteiger partial charge is 0.315 e. The molecular formula is C11H20N2O3. The van der Waals surface area contributed by atoms with Gasteiger partial charge in [-0.15, -0.1) is 0 Å². The summed E-state index contributed by atoms with van der Waals surface area (Å²) in [4.78, 5) is 22.0. The summed E-state index contributed by atoms with van der Waals surface area (Å²) in [5.41, 5.74) is 0.846. The molecule has 0 saturated carbocycles. The molecule has 0 spiro atoms. The van der Waals surface area contributed by atoms with Crippen molar-refractivity contribution in [1.82, 2.24) is 10.6 Å². The average molecular weight is 228 g/mol. The molecule has 0 heterocycles. The third-order valence-corrected chi connectivity index (χ3v) is 2.05. The van der Waals surface area contributed by atoms with Crippen LogP contribution in [0.3, 0.4) is 0 Å². The van der Waals surface area contributed by atoms with Crippen LogP contribution in [0.15, 0.2) is 12.2 Å². The van der Waals surface area contributed by atoms with E-state index in [0.29, 0.717) is 13.0 Å². The molecule has 0 bridgehead atoms. The van der Waals surface area contributed by atoms with Crippen molar-refractivity contribution in [1.29, 1.82) is 0 Å². The SMILES string of the molecule is C=C(C)CNC(=O)NCC(CCC)C(=O)O.